The number of unbranched alkanes of at least 4 members (excludes halogenated alkanes) is 3. The third-order valence-electron chi connectivity index (χ3n) is 4.74. The largest absolute Gasteiger partial charge is 0.0654 e. The molecular weight excluding hydrogens is 288 g/mol. The predicted molar refractivity (Wildman–Crippen MR) is 119 cm³/mol. The summed E-state index contributed by atoms with van der Waals surface area (Å²) in [6.45, 7) is 29.1. The summed E-state index contributed by atoms with van der Waals surface area (Å²) in [5.41, 5.74) is 0.542. The molecule has 0 rings (SSSR count). The molecule has 0 aromatic carbocycles. The van der Waals surface area contributed by atoms with E-state index in [1.54, 1.807) is 0 Å². The Morgan fingerprint density at radius 1 is 0.583 bits per heavy atom. The van der Waals surface area contributed by atoms with Gasteiger partial charge in [0.25, 0.3) is 0 Å². The molecule has 152 valence electrons. The van der Waals surface area contributed by atoms with Gasteiger partial charge in [-0.15, -0.1) is 0 Å². The lowest BCUT2D eigenvalue weighted by Gasteiger charge is -2.12. The van der Waals surface area contributed by atoms with E-state index in [0.717, 1.165) is 17.8 Å². The SMILES string of the molecule is CC(C)C(C)C.CCC(C)(C)C.CCC(C)CC.CCCCCC. The fourth-order valence-electron chi connectivity index (χ4n) is 0.789. The number of hydrogen-bond donors (Lipinski definition) is 0. The lowest BCUT2D eigenvalue weighted by Crippen LogP contribution is -2.00. The zero-order chi connectivity index (χ0) is 20.2. The molecule has 0 aliphatic heterocycles. The van der Waals surface area contributed by atoms with Crippen molar-refractivity contribution in [2.24, 2.45) is 23.2 Å². The van der Waals surface area contributed by atoms with Crippen molar-refractivity contribution in [3.63, 3.8) is 0 Å². The summed E-state index contributed by atoms with van der Waals surface area (Å²) in [6.07, 6.45) is 9.47. The van der Waals surface area contributed by atoms with Gasteiger partial charge in [0.05, 0.1) is 0 Å². The highest BCUT2D eigenvalue weighted by atomic mass is 14.1. The summed E-state index contributed by atoms with van der Waals surface area (Å²) >= 11 is 0. The third kappa shape index (κ3) is 49.5. The Morgan fingerprint density at radius 3 is 0.875 bits per heavy atom. The van der Waals surface area contributed by atoms with Gasteiger partial charge in [-0.3, -0.25) is 0 Å². The number of rotatable bonds is 6. The molecule has 0 radical (unpaired) electrons. The predicted octanol–water partition coefficient (Wildman–Crippen LogP) is 9.77. The minimum Gasteiger partial charge on any atom is -0.0654 e. The van der Waals surface area contributed by atoms with Gasteiger partial charge in [0, 0.05) is 0 Å². The van der Waals surface area contributed by atoms with Crippen LogP contribution in [-0.4, -0.2) is 0 Å². The first-order valence-electron chi connectivity index (χ1n) is 10.9. The molecule has 0 amide bonds. The Labute approximate surface area is 158 Å². The van der Waals surface area contributed by atoms with Crippen LogP contribution in [0.2, 0.25) is 0 Å². The molecule has 0 saturated carbocycles. The van der Waals surface area contributed by atoms with E-state index in [9.17, 15) is 0 Å². The maximum Gasteiger partial charge on any atom is -0.0385 e. The van der Waals surface area contributed by atoms with Gasteiger partial charge in [0.15, 0.2) is 0 Å². The Balaban J connectivity index is -0.000000111. The van der Waals surface area contributed by atoms with Crippen molar-refractivity contribution in [2.45, 2.75) is 135 Å². The van der Waals surface area contributed by atoms with E-state index >= 15 is 0 Å². The maximum absolute atomic E-state index is 2.28. The van der Waals surface area contributed by atoms with Crippen molar-refractivity contribution in [1.29, 1.82) is 0 Å². The Bertz CT molecular complexity index is 169. The van der Waals surface area contributed by atoms with Gasteiger partial charge in [-0.1, -0.05) is 135 Å². The highest BCUT2D eigenvalue weighted by Gasteiger charge is 2.03. The molecule has 0 heterocycles. The van der Waals surface area contributed by atoms with E-state index in [-0.39, 0.29) is 0 Å². The molecule has 0 N–H and O–H groups in total. The van der Waals surface area contributed by atoms with Gasteiger partial charge in [-0.25, -0.2) is 0 Å². The van der Waals surface area contributed by atoms with Crippen LogP contribution in [0.3, 0.4) is 0 Å². The van der Waals surface area contributed by atoms with Crippen LogP contribution in [0.4, 0.5) is 0 Å². The minimum absolute atomic E-state index is 0.542. The second kappa shape index (κ2) is 23.0. The van der Waals surface area contributed by atoms with Crippen LogP contribution in [0, 0.1) is 23.2 Å². The molecule has 0 spiro atoms. The van der Waals surface area contributed by atoms with Gasteiger partial charge in [0.1, 0.15) is 0 Å². The van der Waals surface area contributed by atoms with Gasteiger partial charge in [-0.2, -0.15) is 0 Å². The molecule has 24 heavy (non-hydrogen) atoms. The van der Waals surface area contributed by atoms with E-state index in [1.807, 2.05) is 0 Å². The van der Waals surface area contributed by atoms with Gasteiger partial charge in [0.2, 0.25) is 0 Å². The summed E-state index contributed by atoms with van der Waals surface area (Å²) in [5, 5.41) is 0. The third-order valence-corrected chi connectivity index (χ3v) is 4.74. The van der Waals surface area contributed by atoms with Crippen molar-refractivity contribution in [1.82, 2.24) is 0 Å². The normalized spacial score (nSPS) is 10.5. The fourth-order valence-corrected chi connectivity index (χ4v) is 0.789. The molecular formula is C24H56. The van der Waals surface area contributed by atoms with Crippen molar-refractivity contribution in [3.8, 4) is 0 Å². The summed E-state index contributed by atoms with van der Waals surface area (Å²) in [6, 6.07) is 0. The molecule has 0 fully saturated rings. The zero-order valence-electron chi connectivity index (χ0n) is 20.2. The van der Waals surface area contributed by atoms with E-state index in [2.05, 4.69) is 90.0 Å². The average Bonchev–Trinajstić information content (AvgIpc) is 2.53. The molecule has 0 atom stereocenters. The van der Waals surface area contributed by atoms with E-state index in [4.69, 9.17) is 0 Å². The van der Waals surface area contributed by atoms with Crippen LogP contribution in [-0.2, 0) is 0 Å². The average molecular weight is 345 g/mol. The first-order valence-corrected chi connectivity index (χ1v) is 10.9. The van der Waals surface area contributed by atoms with E-state index in [0.29, 0.717) is 5.41 Å². The quantitative estimate of drug-likeness (QED) is 0.420. The lowest BCUT2D eigenvalue weighted by molar-refractivity contribution is 0.398. The molecule has 0 nitrogen and oxygen atoms in total. The van der Waals surface area contributed by atoms with Gasteiger partial charge >= 0.3 is 0 Å². The topological polar surface area (TPSA) is 0 Å². The maximum atomic E-state index is 2.28. The fraction of sp³-hybridized carbons (Fsp3) is 1.00. The van der Waals surface area contributed by atoms with Crippen LogP contribution in [0.5, 0.6) is 0 Å². The van der Waals surface area contributed by atoms with E-state index in [1.165, 1.54) is 44.9 Å². The molecule has 0 saturated heterocycles. The number of hydrogen-bond acceptors (Lipinski definition) is 0. The molecule has 0 bridgehead atoms. The summed E-state index contributed by atoms with van der Waals surface area (Å²) in [7, 11) is 0. The van der Waals surface area contributed by atoms with Crippen LogP contribution in [0.15, 0.2) is 0 Å². The van der Waals surface area contributed by atoms with Gasteiger partial charge in [-0.05, 0) is 23.2 Å². The van der Waals surface area contributed by atoms with Crippen LogP contribution in [0.1, 0.15) is 135 Å². The van der Waals surface area contributed by atoms with Crippen molar-refractivity contribution in [2.75, 3.05) is 0 Å². The molecule has 0 unspecified atom stereocenters. The first kappa shape index (κ1) is 31.7. The molecule has 0 aromatic heterocycles. The summed E-state index contributed by atoms with van der Waals surface area (Å²) in [4.78, 5) is 0. The minimum atomic E-state index is 0.542. The second-order valence-corrected chi connectivity index (χ2v) is 9.03. The smallest absolute Gasteiger partial charge is 0.0385 e. The molecule has 0 aliphatic carbocycles. The van der Waals surface area contributed by atoms with E-state index < -0.39 is 0 Å². The van der Waals surface area contributed by atoms with Crippen LogP contribution in [0.25, 0.3) is 0 Å². The second-order valence-electron chi connectivity index (χ2n) is 9.03. The first-order chi connectivity index (χ1) is 10.9. The Morgan fingerprint density at radius 2 is 0.833 bits per heavy atom. The standard InChI is InChI=1S/4C6H14/c1-5-6(2,3)4;1-5(2)6(3)4;1-4-6(3)5-2;1-3-5-6-4-2/h5H2,1-4H3;5-6H,1-4H3;6H,4-5H2,1-3H3;3-6H2,1-2H3. The molecule has 0 aliphatic rings. The molecule has 0 heteroatoms. The van der Waals surface area contributed by atoms with Crippen LogP contribution < -0.4 is 0 Å². The Kier molecular flexibility index (Phi) is 30.4. The highest BCUT2D eigenvalue weighted by Crippen LogP contribution is 2.16. The molecule has 0 aromatic rings. The van der Waals surface area contributed by atoms with Gasteiger partial charge < -0.3 is 0 Å². The van der Waals surface area contributed by atoms with Crippen molar-refractivity contribution >= 4 is 0 Å². The van der Waals surface area contributed by atoms with Crippen molar-refractivity contribution in [3.05, 3.63) is 0 Å². The Hall–Kier alpha value is 0. The van der Waals surface area contributed by atoms with Crippen LogP contribution >= 0.6 is 0 Å². The van der Waals surface area contributed by atoms with Crippen molar-refractivity contribution < 1.29 is 0 Å². The monoisotopic (exact) mass is 344 g/mol. The lowest BCUT2D eigenvalue weighted by atomic mass is 9.94. The summed E-state index contributed by atoms with van der Waals surface area (Å²) < 4.78 is 0. The zero-order valence-corrected chi connectivity index (χ0v) is 20.2. The highest BCUT2D eigenvalue weighted by molar-refractivity contribution is 4.55. The summed E-state index contributed by atoms with van der Waals surface area (Å²) in [5.74, 6) is 2.64.